The molecule has 0 unspecified atom stereocenters. The highest BCUT2D eigenvalue weighted by molar-refractivity contribution is 6.30. The Hall–Kier alpha value is -1.75. The number of halogens is 1. The van der Waals surface area contributed by atoms with Crippen molar-refractivity contribution in [3.63, 3.8) is 0 Å². The molecule has 0 bridgehead atoms. The van der Waals surface area contributed by atoms with E-state index in [-0.39, 0.29) is 11.8 Å². The number of hydrogen-bond donors (Lipinski definition) is 1. The Balaban J connectivity index is 1.64. The summed E-state index contributed by atoms with van der Waals surface area (Å²) in [5.41, 5.74) is 0. The number of β-lactam (4-membered cyclic amide) rings is 1. The Morgan fingerprint density at radius 1 is 1.14 bits per heavy atom. The SMILES string of the molecule is O=C1N[C@H](C(=O)N2CCCCCC2)[C@@H]1Oc1ccc(Cl)cc1. The van der Waals surface area contributed by atoms with Gasteiger partial charge in [0.25, 0.3) is 5.91 Å². The Morgan fingerprint density at radius 3 is 2.36 bits per heavy atom. The van der Waals surface area contributed by atoms with E-state index in [0.29, 0.717) is 10.8 Å². The van der Waals surface area contributed by atoms with Gasteiger partial charge in [0.05, 0.1) is 0 Å². The molecule has 6 heteroatoms. The van der Waals surface area contributed by atoms with E-state index in [1.165, 1.54) is 0 Å². The molecule has 0 aromatic heterocycles. The van der Waals surface area contributed by atoms with E-state index in [1.807, 2.05) is 4.90 Å². The second kappa shape index (κ2) is 6.57. The molecule has 3 rings (SSSR count). The van der Waals surface area contributed by atoms with Gasteiger partial charge < -0.3 is 15.0 Å². The smallest absolute Gasteiger partial charge is 0.264 e. The molecule has 2 heterocycles. The number of amides is 2. The first-order chi connectivity index (χ1) is 10.6. The van der Waals surface area contributed by atoms with Gasteiger partial charge in [-0.25, -0.2) is 0 Å². The number of rotatable bonds is 3. The second-order valence-corrected chi connectivity index (χ2v) is 6.15. The number of carbonyl (C=O) groups excluding carboxylic acids is 2. The normalized spacial score (nSPS) is 25.0. The largest absolute Gasteiger partial charge is 0.478 e. The van der Waals surface area contributed by atoms with Gasteiger partial charge in [-0.05, 0) is 37.1 Å². The first-order valence-electron chi connectivity index (χ1n) is 7.66. The molecule has 0 aliphatic carbocycles. The molecular weight excluding hydrogens is 304 g/mol. The monoisotopic (exact) mass is 322 g/mol. The van der Waals surface area contributed by atoms with Crippen molar-refractivity contribution < 1.29 is 14.3 Å². The highest BCUT2D eigenvalue weighted by atomic mass is 35.5. The molecular formula is C16H19ClN2O3. The molecule has 1 aromatic carbocycles. The zero-order valence-electron chi connectivity index (χ0n) is 12.3. The molecule has 2 atom stereocenters. The van der Waals surface area contributed by atoms with Crippen LogP contribution < -0.4 is 10.1 Å². The number of nitrogens with zero attached hydrogens (tertiary/aromatic N) is 1. The van der Waals surface area contributed by atoms with Crippen molar-refractivity contribution in [2.24, 2.45) is 0 Å². The van der Waals surface area contributed by atoms with E-state index in [9.17, 15) is 9.59 Å². The van der Waals surface area contributed by atoms with Crippen molar-refractivity contribution in [3.8, 4) is 5.75 Å². The van der Waals surface area contributed by atoms with Crippen molar-refractivity contribution in [2.45, 2.75) is 37.8 Å². The van der Waals surface area contributed by atoms with E-state index in [0.717, 1.165) is 38.8 Å². The minimum atomic E-state index is -0.753. The van der Waals surface area contributed by atoms with Crippen LogP contribution in [0.2, 0.25) is 5.02 Å². The fraction of sp³-hybridized carbons (Fsp3) is 0.500. The minimum Gasteiger partial charge on any atom is -0.478 e. The lowest BCUT2D eigenvalue weighted by Crippen LogP contribution is -2.70. The van der Waals surface area contributed by atoms with Gasteiger partial charge in [0.2, 0.25) is 12.0 Å². The maximum absolute atomic E-state index is 12.5. The van der Waals surface area contributed by atoms with Crippen LogP contribution in [0.5, 0.6) is 5.75 Å². The lowest BCUT2D eigenvalue weighted by molar-refractivity contribution is -0.152. The Morgan fingerprint density at radius 2 is 1.77 bits per heavy atom. The predicted octanol–water partition coefficient (Wildman–Crippen LogP) is 1.99. The average molecular weight is 323 g/mol. The zero-order chi connectivity index (χ0) is 15.5. The van der Waals surface area contributed by atoms with E-state index in [2.05, 4.69) is 5.32 Å². The summed E-state index contributed by atoms with van der Waals surface area (Å²) < 4.78 is 5.66. The molecule has 0 spiro atoms. The third-order valence-corrected chi connectivity index (χ3v) is 4.37. The van der Waals surface area contributed by atoms with Crippen LogP contribution in [0.3, 0.4) is 0 Å². The molecule has 2 saturated heterocycles. The summed E-state index contributed by atoms with van der Waals surface area (Å²) in [5, 5.41) is 3.26. The quantitative estimate of drug-likeness (QED) is 0.866. The number of likely N-dealkylation sites (tertiary alicyclic amines) is 1. The minimum absolute atomic E-state index is 0.0412. The highest BCUT2D eigenvalue weighted by Crippen LogP contribution is 2.22. The van der Waals surface area contributed by atoms with E-state index < -0.39 is 12.1 Å². The number of nitrogens with one attached hydrogen (secondary N) is 1. The Labute approximate surface area is 134 Å². The van der Waals surface area contributed by atoms with Gasteiger partial charge in [0.1, 0.15) is 5.75 Å². The van der Waals surface area contributed by atoms with E-state index in [4.69, 9.17) is 16.3 Å². The van der Waals surface area contributed by atoms with Gasteiger partial charge in [-0.15, -0.1) is 0 Å². The molecule has 1 N–H and O–H groups in total. The predicted molar refractivity (Wildman–Crippen MR) is 82.8 cm³/mol. The van der Waals surface area contributed by atoms with Crippen molar-refractivity contribution in [1.82, 2.24) is 10.2 Å². The molecule has 0 radical (unpaired) electrons. The first-order valence-corrected chi connectivity index (χ1v) is 8.04. The van der Waals surface area contributed by atoms with Gasteiger partial charge in [-0.1, -0.05) is 24.4 Å². The average Bonchev–Trinajstić information content (AvgIpc) is 2.80. The fourth-order valence-electron chi connectivity index (χ4n) is 2.83. The summed E-state index contributed by atoms with van der Waals surface area (Å²) in [7, 11) is 0. The summed E-state index contributed by atoms with van der Waals surface area (Å²) in [5.74, 6) is 0.251. The van der Waals surface area contributed by atoms with Crippen LogP contribution >= 0.6 is 11.6 Å². The molecule has 2 aliphatic heterocycles. The lowest BCUT2D eigenvalue weighted by Gasteiger charge is -2.38. The van der Waals surface area contributed by atoms with Crippen LogP contribution in [-0.2, 0) is 9.59 Å². The third kappa shape index (κ3) is 3.19. The standard InChI is InChI=1S/C16H19ClN2O3/c17-11-5-7-12(8-6-11)22-14-13(18-15(14)20)16(21)19-9-3-1-2-4-10-19/h5-8,13-14H,1-4,9-10H2,(H,18,20)/t13-,14-/m0/s1. The summed E-state index contributed by atoms with van der Waals surface area (Å²) >= 11 is 5.83. The molecule has 2 aliphatic rings. The van der Waals surface area contributed by atoms with Crippen LogP contribution in [-0.4, -0.2) is 41.9 Å². The van der Waals surface area contributed by atoms with Gasteiger partial charge >= 0.3 is 0 Å². The van der Waals surface area contributed by atoms with Crippen LogP contribution in [0.25, 0.3) is 0 Å². The summed E-state index contributed by atoms with van der Waals surface area (Å²) in [4.78, 5) is 26.1. The second-order valence-electron chi connectivity index (χ2n) is 5.72. The van der Waals surface area contributed by atoms with Crippen molar-refractivity contribution in [1.29, 1.82) is 0 Å². The molecule has 118 valence electrons. The van der Waals surface area contributed by atoms with Crippen LogP contribution in [0.4, 0.5) is 0 Å². The maximum Gasteiger partial charge on any atom is 0.264 e. The lowest BCUT2D eigenvalue weighted by atomic mass is 10.00. The molecule has 1 aromatic rings. The molecule has 2 amide bonds. The fourth-order valence-corrected chi connectivity index (χ4v) is 2.95. The number of hydrogen-bond acceptors (Lipinski definition) is 3. The Bertz CT molecular complexity index is 553. The Kier molecular flexibility index (Phi) is 4.52. The van der Waals surface area contributed by atoms with Crippen LogP contribution in [0.1, 0.15) is 25.7 Å². The molecule has 5 nitrogen and oxygen atoms in total. The van der Waals surface area contributed by atoms with Crippen molar-refractivity contribution in [2.75, 3.05) is 13.1 Å². The highest BCUT2D eigenvalue weighted by Gasteiger charge is 2.47. The topological polar surface area (TPSA) is 58.6 Å². The zero-order valence-corrected chi connectivity index (χ0v) is 13.0. The maximum atomic E-state index is 12.5. The summed E-state index contributed by atoms with van der Waals surface area (Å²) in [6, 6.07) is 6.20. The van der Waals surface area contributed by atoms with Gasteiger partial charge in [-0.3, -0.25) is 9.59 Å². The number of ether oxygens (including phenoxy) is 1. The number of carbonyl (C=O) groups is 2. The van der Waals surface area contributed by atoms with Gasteiger partial charge in [-0.2, -0.15) is 0 Å². The molecule has 0 saturated carbocycles. The van der Waals surface area contributed by atoms with Crippen LogP contribution in [0, 0.1) is 0 Å². The molecule has 22 heavy (non-hydrogen) atoms. The number of benzene rings is 1. The van der Waals surface area contributed by atoms with E-state index in [1.54, 1.807) is 24.3 Å². The van der Waals surface area contributed by atoms with Crippen molar-refractivity contribution in [3.05, 3.63) is 29.3 Å². The van der Waals surface area contributed by atoms with Crippen molar-refractivity contribution >= 4 is 23.4 Å². The summed E-state index contributed by atoms with van der Waals surface area (Å²) in [6.45, 7) is 1.53. The van der Waals surface area contributed by atoms with Gasteiger partial charge in [0, 0.05) is 18.1 Å². The van der Waals surface area contributed by atoms with E-state index >= 15 is 0 Å². The molecule has 2 fully saturated rings. The van der Waals surface area contributed by atoms with Gasteiger partial charge in [0.15, 0.2) is 6.04 Å². The third-order valence-electron chi connectivity index (χ3n) is 4.12. The van der Waals surface area contributed by atoms with Crippen LogP contribution in [0.15, 0.2) is 24.3 Å². The first kappa shape index (κ1) is 15.2. The summed E-state index contributed by atoms with van der Waals surface area (Å²) in [6.07, 6.45) is 3.61.